The summed E-state index contributed by atoms with van der Waals surface area (Å²) < 4.78 is 1.30. The van der Waals surface area contributed by atoms with Crippen molar-refractivity contribution in [1.29, 1.82) is 0 Å². The van der Waals surface area contributed by atoms with Gasteiger partial charge in [0.1, 0.15) is 0 Å². The number of hydrogen-bond acceptors (Lipinski definition) is 2. The van der Waals surface area contributed by atoms with Crippen molar-refractivity contribution >= 4 is 22.6 Å². The van der Waals surface area contributed by atoms with E-state index < -0.39 is 0 Å². The molecule has 1 aromatic carbocycles. The third-order valence-electron chi connectivity index (χ3n) is 4.22. The highest BCUT2D eigenvalue weighted by molar-refractivity contribution is 14.1. The van der Waals surface area contributed by atoms with Gasteiger partial charge in [-0.15, -0.1) is 0 Å². The summed E-state index contributed by atoms with van der Waals surface area (Å²) >= 11 is 2.36. The Morgan fingerprint density at radius 3 is 2.22 bits per heavy atom. The van der Waals surface area contributed by atoms with Crippen LogP contribution in [-0.4, -0.2) is 24.0 Å². The van der Waals surface area contributed by atoms with Crippen LogP contribution in [0.2, 0.25) is 0 Å². The maximum atomic E-state index is 6.00. The number of rotatable bonds is 3. The minimum absolute atomic E-state index is 0.348. The first-order chi connectivity index (χ1) is 8.58. The van der Waals surface area contributed by atoms with Crippen LogP contribution in [0.5, 0.6) is 0 Å². The molecule has 18 heavy (non-hydrogen) atoms. The van der Waals surface area contributed by atoms with E-state index in [2.05, 4.69) is 65.6 Å². The standard InChI is InChI=1S/C15H23IN2/c1-11(17)13-7-9-18(10-8-13)12(2)14-3-5-15(16)6-4-14/h3-6,11-13H,7-10,17H2,1-2H3. The van der Waals surface area contributed by atoms with E-state index in [1.54, 1.807) is 0 Å². The predicted molar refractivity (Wildman–Crippen MR) is 85.5 cm³/mol. The summed E-state index contributed by atoms with van der Waals surface area (Å²) in [5.41, 5.74) is 7.42. The Morgan fingerprint density at radius 2 is 1.72 bits per heavy atom. The summed E-state index contributed by atoms with van der Waals surface area (Å²) in [6, 6.07) is 9.77. The van der Waals surface area contributed by atoms with E-state index in [4.69, 9.17) is 5.73 Å². The third-order valence-corrected chi connectivity index (χ3v) is 4.94. The van der Waals surface area contributed by atoms with Crippen molar-refractivity contribution < 1.29 is 0 Å². The number of nitrogens with zero attached hydrogens (tertiary/aromatic N) is 1. The smallest absolute Gasteiger partial charge is 0.0319 e. The molecule has 1 fully saturated rings. The van der Waals surface area contributed by atoms with Crippen molar-refractivity contribution in [3.05, 3.63) is 33.4 Å². The molecule has 0 aliphatic carbocycles. The zero-order valence-electron chi connectivity index (χ0n) is 11.3. The van der Waals surface area contributed by atoms with Crippen molar-refractivity contribution in [2.24, 2.45) is 11.7 Å². The normalized spacial score (nSPS) is 21.8. The molecule has 2 rings (SSSR count). The predicted octanol–water partition coefficient (Wildman–Crippen LogP) is 3.41. The molecule has 0 aromatic heterocycles. The molecule has 1 heterocycles. The highest BCUT2D eigenvalue weighted by Crippen LogP contribution is 2.27. The number of halogens is 1. The Kier molecular flexibility index (Phi) is 5.04. The molecule has 2 N–H and O–H groups in total. The second kappa shape index (κ2) is 6.35. The molecule has 2 nitrogen and oxygen atoms in total. The van der Waals surface area contributed by atoms with Crippen molar-refractivity contribution in [2.45, 2.75) is 38.8 Å². The van der Waals surface area contributed by atoms with Crippen LogP contribution in [0.4, 0.5) is 0 Å². The second-order valence-electron chi connectivity index (χ2n) is 5.46. The third kappa shape index (κ3) is 3.45. The first-order valence-corrected chi connectivity index (χ1v) is 7.91. The Morgan fingerprint density at radius 1 is 1.17 bits per heavy atom. The lowest BCUT2D eigenvalue weighted by atomic mass is 9.90. The maximum Gasteiger partial charge on any atom is 0.0319 e. The molecule has 1 saturated heterocycles. The molecule has 3 heteroatoms. The van der Waals surface area contributed by atoms with Crippen LogP contribution in [0.15, 0.2) is 24.3 Å². The molecule has 0 amide bonds. The molecule has 1 aliphatic rings. The lowest BCUT2D eigenvalue weighted by Gasteiger charge is -2.37. The largest absolute Gasteiger partial charge is 0.328 e. The van der Waals surface area contributed by atoms with Crippen LogP contribution in [0.1, 0.15) is 38.3 Å². The molecule has 0 radical (unpaired) electrons. The average molecular weight is 358 g/mol. The Labute approximate surface area is 124 Å². The van der Waals surface area contributed by atoms with Gasteiger partial charge >= 0.3 is 0 Å². The molecular weight excluding hydrogens is 335 g/mol. The summed E-state index contributed by atoms with van der Waals surface area (Å²) in [5.74, 6) is 0.713. The van der Waals surface area contributed by atoms with Crippen LogP contribution in [0.3, 0.4) is 0 Å². The van der Waals surface area contributed by atoms with Gasteiger partial charge in [-0.1, -0.05) is 12.1 Å². The van der Waals surface area contributed by atoms with E-state index in [0.29, 0.717) is 18.0 Å². The van der Waals surface area contributed by atoms with Gasteiger partial charge in [-0.25, -0.2) is 0 Å². The van der Waals surface area contributed by atoms with Gasteiger partial charge in [-0.05, 0) is 86.0 Å². The second-order valence-corrected chi connectivity index (χ2v) is 6.71. The fourth-order valence-corrected chi connectivity index (χ4v) is 3.14. The van der Waals surface area contributed by atoms with E-state index in [0.717, 1.165) is 0 Å². The first kappa shape index (κ1) is 14.3. The highest BCUT2D eigenvalue weighted by atomic mass is 127. The van der Waals surface area contributed by atoms with Crippen molar-refractivity contribution in [1.82, 2.24) is 4.90 Å². The van der Waals surface area contributed by atoms with Gasteiger partial charge in [-0.2, -0.15) is 0 Å². The molecule has 0 saturated carbocycles. The lowest BCUT2D eigenvalue weighted by molar-refractivity contribution is 0.132. The molecule has 1 aliphatic heterocycles. The number of benzene rings is 1. The number of likely N-dealkylation sites (tertiary alicyclic amines) is 1. The van der Waals surface area contributed by atoms with Crippen molar-refractivity contribution in [3.8, 4) is 0 Å². The van der Waals surface area contributed by atoms with Gasteiger partial charge in [-0.3, -0.25) is 4.90 Å². The van der Waals surface area contributed by atoms with Gasteiger partial charge in [0.25, 0.3) is 0 Å². The first-order valence-electron chi connectivity index (χ1n) is 6.83. The quantitative estimate of drug-likeness (QED) is 0.839. The molecule has 0 spiro atoms. The van der Waals surface area contributed by atoms with Gasteiger partial charge in [0.05, 0.1) is 0 Å². The summed E-state index contributed by atoms with van der Waals surface area (Å²) in [7, 11) is 0. The zero-order valence-corrected chi connectivity index (χ0v) is 13.4. The Balaban J connectivity index is 1.95. The summed E-state index contributed by atoms with van der Waals surface area (Å²) in [4.78, 5) is 2.58. The van der Waals surface area contributed by atoms with Crippen LogP contribution in [0.25, 0.3) is 0 Å². The fraction of sp³-hybridized carbons (Fsp3) is 0.600. The molecule has 2 unspecified atom stereocenters. The number of hydrogen-bond donors (Lipinski definition) is 1. The van der Waals surface area contributed by atoms with E-state index in [-0.39, 0.29) is 0 Å². The Hall–Kier alpha value is -0.130. The number of nitrogens with two attached hydrogens (primary N) is 1. The Bertz CT molecular complexity index is 367. The van der Waals surface area contributed by atoms with Crippen LogP contribution < -0.4 is 5.73 Å². The highest BCUT2D eigenvalue weighted by Gasteiger charge is 2.25. The maximum absolute atomic E-state index is 6.00. The van der Waals surface area contributed by atoms with Crippen LogP contribution in [-0.2, 0) is 0 Å². The van der Waals surface area contributed by atoms with Crippen molar-refractivity contribution in [3.63, 3.8) is 0 Å². The van der Waals surface area contributed by atoms with E-state index >= 15 is 0 Å². The van der Waals surface area contributed by atoms with E-state index in [9.17, 15) is 0 Å². The van der Waals surface area contributed by atoms with Gasteiger partial charge in [0.15, 0.2) is 0 Å². The molecule has 2 atom stereocenters. The molecule has 0 bridgehead atoms. The lowest BCUT2D eigenvalue weighted by Crippen LogP contribution is -2.40. The zero-order chi connectivity index (χ0) is 13.1. The summed E-state index contributed by atoms with van der Waals surface area (Å²) in [6.45, 7) is 6.82. The minimum Gasteiger partial charge on any atom is -0.328 e. The van der Waals surface area contributed by atoms with Crippen LogP contribution >= 0.6 is 22.6 Å². The van der Waals surface area contributed by atoms with Crippen molar-refractivity contribution in [2.75, 3.05) is 13.1 Å². The van der Waals surface area contributed by atoms with E-state index in [1.165, 1.54) is 35.1 Å². The molecule has 1 aromatic rings. The topological polar surface area (TPSA) is 29.3 Å². The van der Waals surface area contributed by atoms with Gasteiger partial charge in [0, 0.05) is 15.7 Å². The summed E-state index contributed by atoms with van der Waals surface area (Å²) in [6.07, 6.45) is 2.48. The van der Waals surface area contributed by atoms with Gasteiger partial charge < -0.3 is 5.73 Å². The number of piperidine rings is 1. The van der Waals surface area contributed by atoms with E-state index in [1.807, 2.05) is 0 Å². The van der Waals surface area contributed by atoms with Gasteiger partial charge in [0.2, 0.25) is 0 Å². The van der Waals surface area contributed by atoms with Crippen LogP contribution in [0, 0.1) is 9.49 Å². The SMILES string of the molecule is CC(N)C1CCN(C(C)c2ccc(I)cc2)CC1. The molecule has 100 valence electrons. The monoisotopic (exact) mass is 358 g/mol. The average Bonchev–Trinajstić information content (AvgIpc) is 2.39. The molecular formula is C15H23IN2. The fourth-order valence-electron chi connectivity index (χ4n) is 2.78. The minimum atomic E-state index is 0.348. The summed E-state index contributed by atoms with van der Waals surface area (Å²) in [5, 5.41) is 0.